The number of H-pyrrole nitrogens is 1. The highest BCUT2D eigenvalue weighted by Crippen LogP contribution is 2.54. The Bertz CT molecular complexity index is 3000. The second kappa shape index (κ2) is 18.5. The Morgan fingerprint density at radius 1 is 0.943 bits per heavy atom. The molecule has 10 rings (SSSR count). The molecule has 4 aliphatic rings. The van der Waals surface area contributed by atoms with Crippen LogP contribution in [0.15, 0.2) is 118 Å². The van der Waals surface area contributed by atoms with Gasteiger partial charge >= 0.3 is 5.97 Å². The maximum absolute atomic E-state index is 14.2. The van der Waals surface area contributed by atoms with Gasteiger partial charge in [0.25, 0.3) is 0 Å². The van der Waals surface area contributed by atoms with Crippen molar-refractivity contribution in [1.82, 2.24) is 15.6 Å². The lowest BCUT2D eigenvalue weighted by atomic mass is 9.59. The minimum absolute atomic E-state index is 0.00897. The Labute approximate surface area is 402 Å². The molecule has 2 aliphatic carbocycles. The van der Waals surface area contributed by atoms with Gasteiger partial charge in [0.2, 0.25) is 12.0 Å². The van der Waals surface area contributed by atoms with Gasteiger partial charge in [-0.3, -0.25) is 10.1 Å². The Balaban J connectivity index is 1.09. The number of hydrogen-bond acceptors (Lipinski definition) is 15. The van der Waals surface area contributed by atoms with E-state index in [1.807, 2.05) is 49.4 Å². The maximum Gasteiger partial charge on any atom is 0.336 e. The van der Waals surface area contributed by atoms with Crippen LogP contribution in [0.3, 0.4) is 0 Å². The van der Waals surface area contributed by atoms with Crippen LogP contribution in [0.25, 0.3) is 22.3 Å². The maximum atomic E-state index is 14.2. The number of nitrogens with two attached hydrogens (primary N) is 1. The lowest BCUT2D eigenvalue weighted by Crippen LogP contribution is -2.79. The van der Waals surface area contributed by atoms with Crippen LogP contribution in [0.1, 0.15) is 55.0 Å². The summed E-state index contributed by atoms with van der Waals surface area (Å²) < 4.78 is 31.9. The topological polar surface area (TPSA) is 271 Å². The smallest absolute Gasteiger partial charge is 0.336 e. The zero-order chi connectivity index (χ0) is 49.0. The third-order valence-electron chi connectivity index (χ3n) is 14.3. The quantitative estimate of drug-likeness (QED) is 0.0597. The first-order valence-corrected chi connectivity index (χ1v) is 23.6. The second-order valence-corrected chi connectivity index (χ2v) is 18.8. The van der Waals surface area contributed by atoms with Crippen molar-refractivity contribution in [3.05, 3.63) is 141 Å². The molecule has 70 heavy (non-hydrogen) atoms. The average Bonchev–Trinajstić information content (AvgIpc) is 4.14. The van der Waals surface area contributed by atoms with Gasteiger partial charge in [0.15, 0.2) is 28.6 Å². The lowest BCUT2D eigenvalue weighted by molar-refractivity contribution is -0.344. The van der Waals surface area contributed by atoms with E-state index in [0.717, 1.165) is 16.8 Å². The number of carboxylic acids is 1. The molecular formula is C53H56N4O13. The molecule has 7 atom stereocenters. The number of anilines is 1. The zero-order valence-electron chi connectivity index (χ0n) is 38.4. The minimum atomic E-state index is -2.62. The van der Waals surface area contributed by atoms with Crippen molar-refractivity contribution in [3.8, 4) is 40.1 Å². The number of aliphatic carboxylic acids is 1. The Morgan fingerprint density at radius 2 is 1.71 bits per heavy atom. The number of aromatic amines is 1. The lowest BCUT2D eigenvalue weighted by Gasteiger charge is -2.58. The number of aryl methyl sites for hydroxylation is 1. The van der Waals surface area contributed by atoms with Crippen molar-refractivity contribution < 1.29 is 58.8 Å². The fourth-order valence-electron chi connectivity index (χ4n) is 10.9. The number of aliphatic hydroxyl groups is 3. The molecule has 0 amide bonds. The molecule has 17 heteroatoms. The number of hydrogen-bond donors (Lipinski definition) is 10. The number of phenols is 2. The Hall–Kier alpha value is -6.86. The standard InChI is InChI=1S/C53H56N4O13/c1-2-29-21-33(23-35(58)22-29)51(17-6-7-18-51)70-46-41(25-40-43(45(46)60)38(59)24-39(67-40)31-10-13-36(14-11-31)66-19-16-34-12-15-42(54)57-34)68-50-52(64)26-32(20-30-8-4-3-5-9-30)44(37-27-55-28-56-37)53(65,49(52)63)47(69-50)48(61)62/h3-5,8-15,21-26,37,44,47,49-50,55-58,60,63-65H,2,6-7,16-20,27-28,54H2,1H3,(H,61,62)/t37-,44+,47+,49-,50+,52+,53+/m0/s1. The molecule has 4 aromatic carbocycles. The number of nitrogen functional groups attached to an aromatic ring is 1. The van der Waals surface area contributed by atoms with Crippen LogP contribution in [-0.2, 0) is 34.4 Å². The summed E-state index contributed by atoms with van der Waals surface area (Å²) in [5.41, 5.74) is 2.64. The molecule has 4 heterocycles. The molecule has 3 fully saturated rings. The number of phenolic OH excluding ortho intramolecular Hbond substituents is 2. The molecule has 2 bridgehead atoms. The number of rotatable bonds is 15. The average molecular weight is 957 g/mol. The summed E-state index contributed by atoms with van der Waals surface area (Å²) in [4.78, 5) is 30.6. The van der Waals surface area contributed by atoms with Crippen LogP contribution >= 0.6 is 0 Å². The summed E-state index contributed by atoms with van der Waals surface area (Å²) in [6.07, 6.45) is -1.46. The van der Waals surface area contributed by atoms with E-state index in [1.54, 1.807) is 42.5 Å². The Kier molecular flexibility index (Phi) is 12.4. The van der Waals surface area contributed by atoms with Gasteiger partial charge in [-0.25, -0.2) is 4.79 Å². The second-order valence-electron chi connectivity index (χ2n) is 18.8. The van der Waals surface area contributed by atoms with E-state index in [-0.39, 0.29) is 40.4 Å². The zero-order valence-corrected chi connectivity index (χ0v) is 38.4. The predicted molar refractivity (Wildman–Crippen MR) is 257 cm³/mol. The van der Waals surface area contributed by atoms with E-state index < -0.39 is 64.4 Å². The number of fused-ring (bicyclic) bond motifs is 3. The number of aromatic hydroxyl groups is 2. The molecule has 17 nitrogen and oxygen atoms in total. The van der Waals surface area contributed by atoms with Crippen LogP contribution in [0.4, 0.5) is 5.82 Å². The van der Waals surface area contributed by atoms with Crippen LogP contribution < -0.4 is 36.0 Å². The van der Waals surface area contributed by atoms with Gasteiger partial charge in [0.1, 0.15) is 51.4 Å². The van der Waals surface area contributed by atoms with Crippen molar-refractivity contribution in [2.45, 2.75) is 93.2 Å². The normalized spacial score (nSPS) is 25.9. The number of aromatic nitrogens is 1. The first-order chi connectivity index (χ1) is 33.7. The molecule has 2 saturated heterocycles. The van der Waals surface area contributed by atoms with Gasteiger partial charge in [0.05, 0.1) is 6.61 Å². The molecule has 6 aromatic rings. The van der Waals surface area contributed by atoms with E-state index in [2.05, 4.69) is 15.6 Å². The number of carboxylic acid groups (broad SMARTS) is 1. The molecule has 0 radical (unpaired) electrons. The van der Waals surface area contributed by atoms with Crippen molar-refractivity contribution in [1.29, 1.82) is 0 Å². The summed E-state index contributed by atoms with van der Waals surface area (Å²) >= 11 is 0. The monoisotopic (exact) mass is 956 g/mol. The summed E-state index contributed by atoms with van der Waals surface area (Å²) in [5, 5.41) is 78.1. The van der Waals surface area contributed by atoms with E-state index in [4.69, 9.17) is 29.1 Å². The Morgan fingerprint density at radius 3 is 2.40 bits per heavy atom. The van der Waals surface area contributed by atoms with Crippen LogP contribution in [-0.4, -0.2) is 97.2 Å². The molecular weight excluding hydrogens is 901 g/mol. The van der Waals surface area contributed by atoms with Crippen molar-refractivity contribution in [3.63, 3.8) is 0 Å². The van der Waals surface area contributed by atoms with Gasteiger partial charge in [-0.05, 0) is 110 Å². The van der Waals surface area contributed by atoms with Gasteiger partial charge in [-0.2, -0.15) is 0 Å². The number of carbonyl (C=O) groups is 1. The molecule has 11 N–H and O–H groups in total. The first kappa shape index (κ1) is 46.8. The summed E-state index contributed by atoms with van der Waals surface area (Å²) in [7, 11) is 0. The van der Waals surface area contributed by atoms with Crippen molar-refractivity contribution in [2.24, 2.45) is 5.92 Å². The molecule has 0 unspecified atom stereocenters. The number of ether oxygens (including phenoxy) is 4. The van der Waals surface area contributed by atoms with Crippen LogP contribution in [0.5, 0.6) is 28.7 Å². The molecule has 2 aliphatic heterocycles. The molecule has 366 valence electrons. The molecule has 0 spiro atoms. The van der Waals surface area contributed by atoms with Gasteiger partial charge in [-0.15, -0.1) is 0 Å². The van der Waals surface area contributed by atoms with Crippen LogP contribution in [0.2, 0.25) is 0 Å². The summed E-state index contributed by atoms with van der Waals surface area (Å²) in [6.45, 7) is 2.97. The highest BCUT2D eigenvalue weighted by Gasteiger charge is 2.71. The van der Waals surface area contributed by atoms with E-state index in [0.29, 0.717) is 86.6 Å². The largest absolute Gasteiger partial charge is 0.508 e. The predicted octanol–water partition coefficient (Wildman–Crippen LogP) is 5.14. The van der Waals surface area contributed by atoms with Crippen molar-refractivity contribution in [2.75, 3.05) is 25.6 Å². The number of aliphatic hydroxyl groups excluding tert-OH is 1. The summed E-state index contributed by atoms with van der Waals surface area (Å²) in [5.74, 6) is -2.85. The third-order valence-corrected chi connectivity index (χ3v) is 14.3. The summed E-state index contributed by atoms with van der Waals surface area (Å²) in [6, 6.07) is 26.8. The number of nitrogens with one attached hydrogen (secondary N) is 3. The van der Waals surface area contributed by atoms with E-state index in [1.165, 1.54) is 18.2 Å². The first-order valence-electron chi connectivity index (χ1n) is 23.6. The van der Waals surface area contributed by atoms with Crippen LogP contribution in [0, 0.1) is 5.92 Å². The minimum Gasteiger partial charge on any atom is -0.508 e. The molecule has 2 aromatic heterocycles. The number of benzene rings is 4. The highest BCUT2D eigenvalue weighted by atomic mass is 16.7. The van der Waals surface area contributed by atoms with Gasteiger partial charge in [-0.1, -0.05) is 48.9 Å². The van der Waals surface area contributed by atoms with Gasteiger partial charge < -0.3 is 70.0 Å². The third kappa shape index (κ3) is 8.41. The van der Waals surface area contributed by atoms with Crippen molar-refractivity contribution >= 4 is 22.8 Å². The fourth-order valence-corrected chi connectivity index (χ4v) is 10.9. The van der Waals surface area contributed by atoms with E-state index >= 15 is 0 Å². The van der Waals surface area contributed by atoms with E-state index in [9.17, 15) is 40.2 Å². The SMILES string of the molecule is CCc1cc(O)cc(C2(Oc3c(O[C@@H]4O[C@H](C(=O)O)[C@]5(O)[C@@H]([C@@H]6CNCN6)C(Cc6ccccc6)=C[C@@]4(O)[C@@H]5O)cc4oc(-c5ccc(OCCc6ccc(N)[nH]6)cc5)cc(=O)c4c3O)CCCC2)c1. The molecule has 1 saturated carbocycles. The highest BCUT2D eigenvalue weighted by molar-refractivity contribution is 5.90. The van der Waals surface area contributed by atoms with Gasteiger partial charge in [0, 0.05) is 55.0 Å². The fraction of sp³-hybridized carbons (Fsp3) is 0.358.